The number of hydrogen-bond acceptors (Lipinski definition) is 11. The van der Waals surface area contributed by atoms with E-state index < -0.39 is 42.8 Å². The van der Waals surface area contributed by atoms with Gasteiger partial charge in [0.15, 0.2) is 29.9 Å². The second kappa shape index (κ2) is 20.7. The Morgan fingerprint density at radius 1 is 0.937 bits per heavy atom. The molecule has 0 amide bonds. The molecule has 13 nitrogen and oxygen atoms in total. The predicted molar refractivity (Wildman–Crippen MR) is 217 cm³/mol. The lowest BCUT2D eigenvalue weighted by molar-refractivity contribution is -0.605. The first-order chi connectivity index (χ1) is 30.0. The first kappa shape index (κ1) is 46.9. The number of anilines is 1. The highest BCUT2D eigenvalue weighted by Gasteiger charge is 2.39. The van der Waals surface area contributed by atoms with Crippen molar-refractivity contribution in [2.45, 2.75) is 63.1 Å². The van der Waals surface area contributed by atoms with Crippen molar-refractivity contribution in [1.29, 1.82) is 0 Å². The average molecular weight is 927 g/mol. The summed E-state index contributed by atoms with van der Waals surface area (Å²) in [4.78, 5) is 38.9. The van der Waals surface area contributed by atoms with Crippen LogP contribution in [0, 0.1) is 17.0 Å². The van der Waals surface area contributed by atoms with Gasteiger partial charge in [0.2, 0.25) is 0 Å². The lowest BCUT2D eigenvalue weighted by Crippen LogP contribution is -2.52. The van der Waals surface area contributed by atoms with Crippen LogP contribution in [0.2, 0.25) is 10.0 Å². The Morgan fingerprint density at radius 2 is 1.59 bits per heavy atom. The summed E-state index contributed by atoms with van der Waals surface area (Å²) in [6, 6.07) is 17.0. The summed E-state index contributed by atoms with van der Waals surface area (Å²) >= 11 is 12.8. The van der Waals surface area contributed by atoms with Gasteiger partial charge in [0.1, 0.15) is 28.0 Å². The summed E-state index contributed by atoms with van der Waals surface area (Å²) < 4.78 is 87.1. The number of carboxylic acid groups (broad SMARTS) is 1. The molecule has 3 saturated heterocycles. The minimum absolute atomic E-state index is 0.0449. The number of carbonyl (C=O) groups excluding carboxylic acids is 2. The molecule has 0 spiro atoms. The number of piperidine rings is 3. The molecule has 63 heavy (non-hydrogen) atoms. The van der Waals surface area contributed by atoms with Gasteiger partial charge < -0.3 is 39.3 Å². The van der Waals surface area contributed by atoms with Crippen molar-refractivity contribution in [3.63, 3.8) is 0 Å². The number of esters is 2. The van der Waals surface area contributed by atoms with Crippen LogP contribution < -0.4 is 24.3 Å². The molecular weight excluding hydrogens is 884 g/mol. The van der Waals surface area contributed by atoms with Gasteiger partial charge in [0, 0.05) is 29.8 Å². The van der Waals surface area contributed by atoms with Crippen molar-refractivity contribution in [1.82, 2.24) is 4.90 Å². The average Bonchev–Trinajstić information content (AvgIpc) is 4.08. The number of fused-ring (bicyclic) bond motifs is 3. The Hall–Kier alpha value is -5.59. The molecule has 20 heteroatoms. The van der Waals surface area contributed by atoms with Gasteiger partial charge >= 0.3 is 30.7 Å². The molecule has 3 atom stereocenters. The number of methoxy groups -OCH3 is 1. The number of pyridine rings is 1. The fraction of sp³-hybridized carbons (Fsp3) is 0.395. The maximum atomic E-state index is 13.9. The number of benzene rings is 3. The van der Waals surface area contributed by atoms with Gasteiger partial charge in [-0.1, -0.05) is 47.5 Å². The van der Waals surface area contributed by atoms with E-state index in [2.05, 4.69) is 10.2 Å². The summed E-state index contributed by atoms with van der Waals surface area (Å²) in [5.74, 6) is -2.88. The Kier molecular flexibility index (Phi) is 15.4. The lowest BCUT2D eigenvalue weighted by Gasteiger charge is -2.44. The van der Waals surface area contributed by atoms with Crippen LogP contribution in [0.15, 0.2) is 79.1 Å². The quantitative estimate of drug-likeness (QED) is 0.0478. The van der Waals surface area contributed by atoms with Gasteiger partial charge in [0.25, 0.3) is 0 Å². The number of aromatic nitrogens is 1. The number of alkyl halides is 5. The third-order valence-electron chi connectivity index (χ3n) is 10.6. The lowest BCUT2D eigenvalue weighted by atomic mass is 9.86. The number of nitrogens with zero attached hydrogens (tertiary/aromatic N) is 2. The standard InChI is InChI=1S/C41H41Cl2F2N3O8.C2HF3O2/c1-52-33-5-3-2-4-29(33)38(40(50)55-37-22-47-16-14-25(37)15-17-47)46-28-11-8-26(9-12-28)39(49)54-35(19-30-31(42)20-48(51)21-32(30)43)27-10-13-34(56-41(44)45)36(18-27)53-23-24-6-7-24;3-2(4,5)1(6)7/h2-5,8-13,18,20-21,24-25,35,37-38,41,46H,6-7,14-17,19,22-23H2,1H3;(H,6,7)/t35-,37-,38?;/m0./s1. The zero-order valence-electron chi connectivity index (χ0n) is 33.5. The fourth-order valence-electron chi connectivity index (χ4n) is 7.16. The number of rotatable bonds is 16. The van der Waals surface area contributed by atoms with Crippen LogP contribution in [0.4, 0.5) is 27.6 Å². The Balaban J connectivity index is 0.000000871. The first-order valence-electron chi connectivity index (χ1n) is 19.7. The molecule has 1 aliphatic carbocycles. The van der Waals surface area contributed by atoms with Crippen LogP contribution in [0.5, 0.6) is 17.2 Å². The van der Waals surface area contributed by atoms with Crippen molar-refractivity contribution in [3.05, 3.63) is 117 Å². The maximum Gasteiger partial charge on any atom is 0.490 e. The van der Waals surface area contributed by atoms with Gasteiger partial charge in [-0.3, -0.25) is 4.90 Å². The highest BCUT2D eigenvalue weighted by molar-refractivity contribution is 6.35. The fourth-order valence-corrected chi connectivity index (χ4v) is 7.76. The van der Waals surface area contributed by atoms with E-state index in [4.69, 9.17) is 56.8 Å². The normalized spacial score (nSPS) is 18.9. The topological polar surface area (TPSA) is 160 Å². The van der Waals surface area contributed by atoms with Crippen molar-refractivity contribution in [3.8, 4) is 17.2 Å². The summed E-state index contributed by atoms with van der Waals surface area (Å²) in [6.45, 7) is -0.0529. The second-order valence-corrected chi connectivity index (χ2v) is 15.9. The highest BCUT2D eigenvalue weighted by Crippen LogP contribution is 2.39. The van der Waals surface area contributed by atoms with E-state index in [0.29, 0.717) is 57.8 Å². The Labute approximate surface area is 368 Å². The Bertz CT molecular complexity index is 2220. The van der Waals surface area contributed by atoms with Crippen LogP contribution in [0.25, 0.3) is 0 Å². The number of aliphatic carboxylic acids is 1. The molecule has 4 aliphatic rings. The molecule has 4 aromatic rings. The van der Waals surface area contributed by atoms with Crippen molar-refractivity contribution >= 4 is 46.8 Å². The van der Waals surface area contributed by atoms with Crippen molar-refractivity contribution in [2.75, 3.05) is 38.7 Å². The van der Waals surface area contributed by atoms with Crippen LogP contribution in [-0.2, 0) is 25.5 Å². The summed E-state index contributed by atoms with van der Waals surface area (Å²) in [6.07, 6.45) is -0.245. The predicted octanol–water partition coefficient (Wildman–Crippen LogP) is 8.59. The number of halogens is 7. The van der Waals surface area contributed by atoms with Gasteiger partial charge in [0.05, 0.1) is 19.3 Å². The van der Waals surface area contributed by atoms with Gasteiger partial charge in [-0.25, -0.2) is 14.4 Å². The largest absolute Gasteiger partial charge is 0.619 e. The monoisotopic (exact) mass is 925 g/mol. The molecule has 338 valence electrons. The molecule has 2 N–H and O–H groups in total. The molecule has 4 fully saturated rings. The van der Waals surface area contributed by atoms with Gasteiger partial charge in [-0.2, -0.15) is 26.7 Å². The summed E-state index contributed by atoms with van der Waals surface area (Å²) in [5.41, 5.74) is 2.02. The molecule has 1 unspecified atom stereocenters. The molecule has 1 saturated carbocycles. The second-order valence-electron chi connectivity index (χ2n) is 15.0. The third-order valence-corrected chi connectivity index (χ3v) is 11.3. The smallest absolute Gasteiger partial charge is 0.490 e. The van der Waals surface area contributed by atoms with Gasteiger partial charge in [-0.05, 0) is 98.6 Å². The van der Waals surface area contributed by atoms with E-state index >= 15 is 0 Å². The van der Waals surface area contributed by atoms with E-state index in [1.54, 1.807) is 36.4 Å². The van der Waals surface area contributed by atoms with Gasteiger partial charge in [-0.15, -0.1) is 0 Å². The highest BCUT2D eigenvalue weighted by atomic mass is 35.5. The SMILES string of the molecule is COc1ccccc1C(Nc1ccc(C(=O)O[C@@H](Cc2c(Cl)c[n+]([O-])cc2Cl)c2ccc(OC(F)F)c(OCC3CC3)c2)cc1)C(=O)O[C@H]1CN2CCC1CC2.O=C(O)C(F)(F)F. The van der Waals surface area contributed by atoms with E-state index in [9.17, 15) is 36.7 Å². The minimum Gasteiger partial charge on any atom is -0.619 e. The zero-order valence-corrected chi connectivity index (χ0v) is 35.0. The minimum atomic E-state index is -5.08. The molecule has 3 aromatic carbocycles. The van der Waals surface area contributed by atoms with Crippen LogP contribution in [0.1, 0.15) is 64.9 Å². The van der Waals surface area contributed by atoms with E-state index in [1.165, 1.54) is 25.3 Å². The van der Waals surface area contributed by atoms with E-state index in [-0.39, 0.29) is 39.6 Å². The first-order valence-corrected chi connectivity index (χ1v) is 20.5. The number of nitrogens with one attached hydrogen (secondary N) is 1. The van der Waals surface area contributed by atoms with Crippen LogP contribution >= 0.6 is 23.2 Å². The summed E-state index contributed by atoms with van der Waals surface area (Å²) in [5, 5.41) is 22.5. The molecule has 3 aliphatic heterocycles. The number of para-hydroxylation sites is 1. The van der Waals surface area contributed by atoms with Crippen molar-refractivity contribution in [2.24, 2.45) is 11.8 Å². The van der Waals surface area contributed by atoms with Crippen molar-refractivity contribution < 1.29 is 69.9 Å². The maximum absolute atomic E-state index is 13.9. The number of carboxylic acids is 1. The molecule has 2 bridgehead atoms. The van der Waals surface area contributed by atoms with E-state index in [0.717, 1.165) is 51.2 Å². The molecule has 8 rings (SSSR count). The number of carbonyl (C=O) groups is 3. The molecule has 4 heterocycles. The van der Waals surface area contributed by atoms with Crippen LogP contribution in [0.3, 0.4) is 0 Å². The molecule has 0 radical (unpaired) electrons. The Morgan fingerprint density at radius 3 is 2.16 bits per heavy atom. The van der Waals surface area contributed by atoms with E-state index in [1.807, 2.05) is 12.1 Å². The molecule has 1 aromatic heterocycles. The zero-order chi connectivity index (χ0) is 45.4. The number of ether oxygens (including phenoxy) is 5. The summed E-state index contributed by atoms with van der Waals surface area (Å²) in [7, 11) is 1.54. The van der Waals surface area contributed by atoms with Crippen LogP contribution in [-0.4, -0.2) is 80.2 Å². The number of hydrogen-bond donors (Lipinski definition) is 2. The third kappa shape index (κ3) is 12.8. The molecular formula is C43H42Cl2F5N3O10.